The minimum Gasteiger partial charge on any atom is -0.352 e. The largest absolute Gasteiger partial charge is 0.352 e. The van der Waals surface area contributed by atoms with E-state index in [2.05, 4.69) is 11.8 Å². The molecule has 4 atom stereocenters. The number of hydrogen-bond acceptors (Lipinski definition) is 3. The second-order valence-electron chi connectivity index (χ2n) is 5.24. The Kier molecular flexibility index (Phi) is 5.73. The second kappa shape index (κ2) is 7.56. The van der Waals surface area contributed by atoms with E-state index in [0.717, 1.165) is 38.9 Å². The van der Waals surface area contributed by atoms with Gasteiger partial charge in [0.1, 0.15) is 0 Å². The summed E-state index contributed by atoms with van der Waals surface area (Å²) in [5.74, 6) is 5.96. The van der Waals surface area contributed by atoms with Crippen molar-refractivity contribution in [1.29, 1.82) is 0 Å². The zero-order chi connectivity index (χ0) is 13.5. The second-order valence-corrected chi connectivity index (χ2v) is 5.24. The molecule has 3 heteroatoms. The first-order chi connectivity index (χ1) is 9.35. The van der Waals surface area contributed by atoms with Gasteiger partial charge >= 0.3 is 0 Å². The van der Waals surface area contributed by atoms with E-state index < -0.39 is 0 Å². The van der Waals surface area contributed by atoms with Crippen molar-refractivity contribution in [3.63, 3.8) is 0 Å². The summed E-state index contributed by atoms with van der Waals surface area (Å²) in [7, 11) is 0. The Morgan fingerprint density at radius 2 is 1.37 bits per heavy atom. The summed E-state index contributed by atoms with van der Waals surface area (Å²) in [6.45, 7) is 1.47. The first-order valence-corrected chi connectivity index (χ1v) is 7.10. The summed E-state index contributed by atoms with van der Waals surface area (Å²) in [5, 5.41) is 0. The smallest absolute Gasteiger partial charge is 0.164 e. The maximum Gasteiger partial charge on any atom is 0.164 e. The van der Waals surface area contributed by atoms with Crippen LogP contribution in [0.5, 0.6) is 0 Å². The highest BCUT2D eigenvalue weighted by atomic mass is 16.8. The van der Waals surface area contributed by atoms with Gasteiger partial charge in [-0.1, -0.05) is 0 Å². The van der Waals surface area contributed by atoms with Gasteiger partial charge in [0.2, 0.25) is 0 Å². The monoisotopic (exact) mass is 262 g/mol. The number of hydrogen-bond donors (Lipinski definition) is 0. The molecule has 2 saturated heterocycles. The standard InChI is InChI=1S/C16H22O3/c1-3-7-13-9-5-11-17-15(13)19-16-14(8-4-2)10-6-12-18-16/h1-2,13-16H,5-12H2. The van der Waals surface area contributed by atoms with Gasteiger partial charge in [-0.15, -0.1) is 24.7 Å². The number of terminal acetylenes is 2. The van der Waals surface area contributed by atoms with E-state index in [4.69, 9.17) is 27.1 Å². The quantitative estimate of drug-likeness (QED) is 0.729. The summed E-state index contributed by atoms with van der Waals surface area (Å²) in [4.78, 5) is 0. The lowest BCUT2D eigenvalue weighted by molar-refractivity contribution is -0.295. The predicted octanol–water partition coefficient (Wildman–Crippen LogP) is 2.56. The molecule has 104 valence electrons. The van der Waals surface area contributed by atoms with E-state index in [1.807, 2.05) is 0 Å². The predicted molar refractivity (Wildman–Crippen MR) is 72.9 cm³/mol. The zero-order valence-electron chi connectivity index (χ0n) is 11.3. The Bertz CT molecular complexity index is 318. The third-order valence-electron chi connectivity index (χ3n) is 3.80. The van der Waals surface area contributed by atoms with Crippen LogP contribution in [0.3, 0.4) is 0 Å². The molecule has 2 aliphatic heterocycles. The summed E-state index contributed by atoms with van der Waals surface area (Å²) in [6.07, 6.45) is 15.9. The van der Waals surface area contributed by atoms with Crippen LogP contribution >= 0.6 is 0 Å². The Balaban J connectivity index is 1.93. The Labute approximate surface area is 116 Å². The lowest BCUT2D eigenvalue weighted by atomic mass is 9.95. The highest BCUT2D eigenvalue weighted by molar-refractivity contribution is 4.91. The molecule has 0 aromatic carbocycles. The van der Waals surface area contributed by atoms with E-state index in [-0.39, 0.29) is 24.4 Å². The SMILES string of the molecule is C#CCC1CCCOC1OC1OCCCC1CC#C. The molecule has 2 rings (SSSR count). The van der Waals surface area contributed by atoms with Crippen molar-refractivity contribution in [1.82, 2.24) is 0 Å². The van der Waals surface area contributed by atoms with Crippen LogP contribution in [0.25, 0.3) is 0 Å². The van der Waals surface area contributed by atoms with Gasteiger partial charge in [0, 0.05) is 37.9 Å². The maximum absolute atomic E-state index is 6.03. The molecule has 2 aliphatic rings. The summed E-state index contributed by atoms with van der Waals surface area (Å²) in [5.41, 5.74) is 0. The van der Waals surface area contributed by atoms with Gasteiger partial charge in [-0.2, -0.15) is 0 Å². The van der Waals surface area contributed by atoms with E-state index in [1.165, 1.54) is 0 Å². The molecule has 19 heavy (non-hydrogen) atoms. The minimum absolute atomic E-state index is 0.242. The van der Waals surface area contributed by atoms with Crippen molar-refractivity contribution in [2.24, 2.45) is 11.8 Å². The molecule has 2 fully saturated rings. The van der Waals surface area contributed by atoms with Gasteiger partial charge in [0.25, 0.3) is 0 Å². The van der Waals surface area contributed by atoms with Crippen molar-refractivity contribution in [3.8, 4) is 24.7 Å². The lowest BCUT2D eigenvalue weighted by Crippen LogP contribution is -2.40. The van der Waals surface area contributed by atoms with Crippen molar-refractivity contribution in [2.75, 3.05) is 13.2 Å². The highest BCUT2D eigenvalue weighted by Gasteiger charge is 2.33. The molecule has 0 amide bonds. The Morgan fingerprint density at radius 1 is 0.895 bits per heavy atom. The molecule has 0 spiro atoms. The first kappa shape index (κ1) is 14.4. The number of rotatable bonds is 4. The third kappa shape index (κ3) is 3.98. The average Bonchev–Trinajstić information content (AvgIpc) is 2.44. The Morgan fingerprint density at radius 3 is 1.79 bits per heavy atom. The molecule has 0 saturated carbocycles. The van der Waals surface area contributed by atoms with Gasteiger partial charge in [0.15, 0.2) is 12.6 Å². The lowest BCUT2D eigenvalue weighted by Gasteiger charge is -2.37. The van der Waals surface area contributed by atoms with Crippen LogP contribution in [0.15, 0.2) is 0 Å². The molecule has 0 aromatic rings. The molecule has 3 nitrogen and oxygen atoms in total. The van der Waals surface area contributed by atoms with E-state index in [0.29, 0.717) is 12.8 Å². The third-order valence-corrected chi connectivity index (χ3v) is 3.80. The summed E-state index contributed by atoms with van der Waals surface area (Å²) in [6, 6.07) is 0. The van der Waals surface area contributed by atoms with Crippen LogP contribution in [-0.2, 0) is 14.2 Å². The van der Waals surface area contributed by atoms with Gasteiger partial charge in [-0.05, 0) is 25.7 Å². The average molecular weight is 262 g/mol. The topological polar surface area (TPSA) is 27.7 Å². The molecule has 4 unspecified atom stereocenters. The number of ether oxygens (including phenoxy) is 3. The van der Waals surface area contributed by atoms with Gasteiger partial charge in [0.05, 0.1) is 0 Å². The van der Waals surface area contributed by atoms with Crippen LogP contribution in [0.4, 0.5) is 0 Å². The van der Waals surface area contributed by atoms with E-state index >= 15 is 0 Å². The van der Waals surface area contributed by atoms with Gasteiger partial charge in [-0.25, -0.2) is 0 Å². The molecular weight excluding hydrogens is 240 g/mol. The molecular formula is C16H22O3. The minimum atomic E-state index is -0.242. The van der Waals surface area contributed by atoms with Crippen LogP contribution in [0.2, 0.25) is 0 Å². The summed E-state index contributed by atoms with van der Waals surface area (Å²) < 4.78 is 17.5. The first-order valence-electron chi connectivity index (χ1n) is 7.10. The Hall–Kier alpha value is -1.00. The van der Waals surface area contributed by atoms with E-state index in [9.17, 15) is 0 Å². The molecule has 2 heterocycles. The molecule has 0 aliphatic carbocycles. The fraction of sp³-hybridized carbons (Fsp3) is 0.750. The normalized spacial score (nSPS) is 35.3. The van der Waals surface area contributed by atoms with Crippen LogP contribution in [0.1, 0.15) is 38.5 Å². The van der Waals surface area contributed by atoms with Crippen molar-refractivity contribution < 1.29 is 14.2 Å². The molecule has 0 N–H and O–H groups in total. The fourth-order valence-corrected chi connectivity index (χ4v) is 2.77. The van der Waals surface area contributed by atoms with Gasteiger partial charge < -0.3 is 14.2 Å². The van der Waals surface area contributed by atoms with Crippen molar-refractivity contribution in [3.05, 3.63) is 0 Å². The van der Waals surface area contributed by atoms with Crippen molar-refractivity contribution in [2.45, 2.75) is 51.1 Å². The van der Waals surface area contributed by atoms with Crippen molar-refractivity contribution >= 4 is 0 Å². The van der Waals surface area contributed by atoms with Crippen LogP contribution in [-0.4, -0.2) is 25.8 Å². The van der Waals surface area contributed by atoms with Crippen LogP contribution in [0, 0.1) is 36.5 Å². The maximum atomic E-state index is 6.03. The van der Waals surface area contributed by atoms with Gasteiger partial charge in [-0.3, -0.25) is 0 Å². The zero-order valence-corrected chi connectivity index (χ0v) is 11.3. The van der Waals surface area contributed by atoms with E-state index in [1.54, 1.807) is 0 Å². The molecule has 0 radical (unpaired) electrons. The molecule has 0 bridgehead atoms. The fourth-order valence-electron chi connectivity index (χ4n) is 2.77. The summed E-state index contributed by atoms with van der Waals surface area (Å²) >= 11 is 0. The van der Waals surface area contributed by atoms with Crippen LogP contribution < -0.4 is 0 Å². The highest BCUT2D eigenvalue weighted by Crippen LogP contribution is 2.31. The molecule has 0 aromatic heterocycles.